The maximum Gasteiger partial charge on any atom is 0.339 e. The molecule has 2 aromatic rings. The number of sulfonamides is 1. The molecule has 9 nitrogen and oxygen atoms in total. The zero-order valence-electron chi connectivity index (χ0n) is 18.1. The number of ether oxygens (including phenoxy) is 1. The molecule has 2 N–H and O–H groups in total. The fraction of sp³-hybridized carbons (Fsp3) is 0.318. The molecule has 0 unspecified atom stereocenters. The smallest absolute Gasteiger partial charge is 0.339 e. The molecule has 1 heterocycles. The van der Waals surface area contributed by atoms with E-state index in [4.69, 9.17) is 16.3 Å². The van der Waals surface area contributed by atoms with Crippen LogP contribution >= 0.6 is 11.6 Å². The molecule has 33 heavy (non-hydrogen) atoms. The predicted molar refractivity (Wildman–Crippen MR) is 124 cm³/mol. The number of hydrogen-bond acceptors (Lipinski definition) is 6. The third-order valence-corrected chi connectivity index (χ3v) is 7.55. The number of amides is 2. The van der Waals surface area contributed by atoms with Gasteiger partial charge in [-0.3, -0.25) is 9.59 Å². The Morgan fingerprint density at radius 1 is 1.06 bits per heavy atom. The van der Waals surface area contributed by atoms with Crippen LogP contribution in [0.4, 0.5) is 11.4 Å². The molecule has 2 amide bonds. The summed E-state index contributed by atoms with van der Waals surface area (Å²) in [5.74, 6) is -1.64. The highest BCUT2D eigenvalue weighted by molar-refractivity contribution is 7.89. The lowest BCUT2D eigenvalue weighted by Gasteiger charge is -2.31. The van der Waals surface area contributed by atoms with Gasteiger partial charge in [0, 0.05) is 31.6 Å². The van der Waals surface area contributed by atoms with Crippen molar-refractivity contribution in [2.45, 2.75) is 24.7 Å². The molecule has 3 rings (SSSR count). The normalized spacial score (nSPS) is 15.0. The number of rotatable bonds is 6. The van der Waals surface area contributed by atoms with Gasteiger partial charge in [-0.1, -0.05) is 23.7 Å². The summed E-state index contributed by atoms with van der Waals surface area (Å²) >= 11 is 6.21. The zero-order chi connectivity index (χ0) is 24.2. The molecule has 0 spiro atoms. The molecule has 0 bridgehead atoms. The van der Waals surface area contributed by atoms with Crippen LogP contribution in [0.3, 0.4) is 0 Å². The molecule has 1 aliphatic heterocycles. The van der Waals surface area contributed by atoms with Crippen molar-refractivity contribution >= 4 is 50.8 Å². The fourth-order valence-electron chi connectivity index (χ4n) is 3.60. The third kappa shape index (κ3) is 5.70. The van der Waals surface area contributed by atoms with E-state index in [1.165, 1.54) is 36.5 Å². The molecular formula is C22H24ClN3O6S. The Hall–Kier alpha value is -2.95. The number of piperidine rings is 1. The first-order chi connectivity index (χ1) is 15.6. The molecule has 2 aromatic carbocycles. The summed E-state index contributed by atoms with van der Waals surface area (Å²) in [6.07, 6.45) is 0.625. The summed E-state index contributed by atoms with van der Waals surface area (Å²) in [7, 11) is -2.74. The minimum Gasteiger partial charge on any atom is -0.465 e. The van der Waals surface area contributed by atoms with Crippen LogP contribution < -0.4 is 10.6 Å². The number of benzene rings is 2. The van der Waals surface area contributed by atoms with E-state index in [9.17, 15) is 22.8 Å². The molecule has 1 aliphatic rings. The van der Waals surface area contributed by atoms with Gasteiger partial charge in [0.2, 0.25) is 21.8 Å². The van der Waals surface area contributed by atoms with Crippen molar-refractivity contribution in [3.05, 3.63) is 53.1 Å². The molecule has 0 aliphatic carbocycles. The Bertz CT molecular complexity index is 1180. The predicted octanol–water partition coefficient (Wildman–Crippen LogP) is 3.12. The standard InChI is InChI=1S/C22H24ClN3O6S/c1-14(27)24-16-7-8-19(18(23)13-16)25-21(28)15-9-11-26(12-10-15)33(30,31)20-6-4-3-5-17(20)22(29)32-2/h3-8,13,15H,9-12H2,1-2H3,(H,24,27)(H,25,28). The molecule has 1 fully saturated rings. The van der Waals surface area contributed by atoms with E-state index in [1.54, 1.807) is 24.3 Å². The van der Waals surface area contributed by atoms with Crippen LogP contribution in [-0.4, -0.2) is 50.7 Å². The lowest BCUT2D eigenvalue weighted by Crippen LogP contribution is -2.41. The SMILES string of the molecule is COC(=O)c1ccccc1S(=O)(=O)N1CCC(C(=O)Nc2ccc(NC(C)=O)cc2Cl)CC1. The summed E-state index contributed by atoms with van der Waals surface area (Å²) in [6.45, 7) is 1.64. The van der Waals surface area contributed by atoms with Crippen LogP contribution in [0, 0.1) is 5.92 Å². The minimum absolute atomic E-state index is 0.0304. The van der Waals surface area contributed by atoms with Crippen molar-refractivity contribution < 1.29 is 27.5 Å². The van der Waals surface area contributed by atoms with Crippen molar-refractivity contribution in [3.63, 3.8) is 0 Å². The number of anilines is 2. The largest absolute Gasteiger partial charge is 0.465 e. The Kier molecular flexibility index (Phi) is 7.72. The van der Waals surface area contributed by atoms with Crippen LogP contribution in [0.1, 0.15) is 30.1 Å². The Balaban J connectivity index is 1.66. The van der Waals surface area contributed by atoms with E-state index in [0.29, 0.717) is 24.2 Å². The number of carbonyl (C=O) groups is 3. The molecule has 0 atom stereocenters. The third-order valence-electron chi connectivity index (χ3n) is 5.28. The molecule has 1 saturated heterocycles. The lowest BCUT2D eigenvalue weighted by atomic mass is 9.97. The van der Waals surface area contributed by atoms with E-state index in [0.717, 1.165) is 0 Å². The van der Waals surface area contributed by atoms with Crippen molar-refractivity contribution in [2.24, 2.45) is 5.92 Å². The van der Waals surface area contributed by atoms with E-state index in [2.05, 4.69) is 10.6 Å². The highest BCUT2D eigenvalue weighted by Gasteiger charge is 2.34. The maximum atomic E-state index is 13.1. The van der Waals surface area contributed by atoms with Gasteiger partial charge in [0.05, 0.1) is 28.3 Å². The molecule has 0 radical (unpaired) electrons. The van der Waals surface area contributed by atoms with Crippen molar-refractivity contribution in [1.82, 2.24) is 4.31 Å². The van der Waals surface area contributed by atoms with Gasteiger partial charge in [0.15, 0.2) is 0 Å². The minimum atomic E-state index is -3.93. The van der Waals surface area contributed by atoms with E-state index in [-0.39, 0.29) is 40.4 Å². The average Bonchev–Trinajstić information content (AvgIpc) is 2.80. The topological polar surface area (TPSA) is 122 Å². The molecular weight excluding hydrogens is 470 g/mol. The van der Waals surface area contributed by atoms with Gasteiger partial charge in [-0.05, 0) is 43.2 Å². The van der Waals surface area contributed by atoms with Crippen LogP contribution in [0.2, 0.25) is 5.02 Å². The van der Waals surface area contributed by atoms with Gasteiger partial charge in [-0.15, -0.1) is 0 Å². The molecule has 0 saturated carbocycles. The molecule has 0 aromatic heterocycles. The quantitative estimate of drug-likeness (QED) is 0.596. The number of hydrogen-bond donors (Lipinski definition) is 2. The Morgan fingerprint density at radius 3 is 2.33 bits per heavy atom. The van der Waals surface area contributed by atoms with Gasteiger partial charge in [0.1, 0.15) is 0 Å². The van der Waals surface area contributed by atoms with Crippen molar-refractivity contribution in [3.8, 4) is 0 Å². The van der Waals surface area contributed by atoms with Gasteiger partial charge in [-0.2, -0.15) is 4.31 Å². The zero-order valence-corrected chi connectivity index (χ0v) is 19.7. The number of nitrogens with one attached hydrogen (secondary N) is 2. The van der Waals surface area contributed by atoms with Gasteiger partial charge in [0.25, 0.3) is 0 Å². The highest BCUT2D eigenvalue weighted by Crippen LogP contribution is 2.29. The number of esters is 1. The van der Waals surface area contributed by atoms with Crippen LogP contribution in [-0.2, 0) is 24.3 Å². The van der Waals surface area contributed by atoms with Crippen LogP contribution in [0.25, 0.3) is 0 Å². The number of nitrogens with zero attached hydrogens (tertiary/aromatic N) is 1. The lowest BCUT2D eigenvalue weighted by molar-refractivity contribution is -0.121. The first-order valence-corrected chi connectivity index (χ1v) is 12.0. The van der Waals surface area contributed by atoms with Crippen molar-refractivity contribution in [2.75, 3.05) is 30.8 Å². The second kappa shape index (κ2) is 10.3. The van der Waals surface area contributed by atoms with Crippen molar-refractivity contribution in [1.29, 1.82) is 0 Å². The first kappa shape index (κ1) is 24.7. The maximum absolute atomic E-state index is 13.1. The average molecular weight is 494 g/mol. The second-order valence-corrected chi connectivity index (χ2v) is 9.84. The van der Waals surface area contributed by atoms with Gasteiger partial charge < -0.3 is 15.4 Å². The number of halogens is 1. The Morgan fingerprint density at radius 2 is 1.73 bits per heavy atom. The van der Waals surface area contributed by atoms with Crippen LogP contribution in [0.5, 0.6) is 0 Å². The summed E-state index contributed by atoms with van der Waals surface area (Å²) in [6, 6.07) is 10.6. The Labute approximate surface area is 197 Å². The van der Waals surface area contributed by atoms with Gasteiger partial charge in [-0.25, -0.2) is 13.2 Å². The number of methoxy groups -OCH3 is 1. The van der Waals surface area contributed by atoms with E-state index >= 15 is 0 Å². The first-order valence-electron chi connectivity index (χ1n) is 10.2. The summed E-state index contributed by atoms with van der Waals surface area (Å²) in [5, 5.41) is 5.65. The van der Waals surface area contributed by atoms with E-state index in [1.807, 2.05) is 0 Å². The second-order valence-electron chi connectivity index (χ2n) is 7.53. The number of carbonyl (C=O) groups excluding carboxylic acids is 3. The van der Waals surface area contributed by atoms with Crippen LogP contribution in [0.15, 0.2) is 47.4 Å². The molecule has 11 heteroatoms. The highest BCUT2D eigenvalue weighted by atomic mass is 35.5. The fourth-order valence-corrected chi connectivity index (χ4v) is 5.48. The van der Waals surface area contributed by atoms with E-state index < -0.39 is 21.9 Å². The summed E-state index contributed by atoms with van der Waals surface area (Å²) < 4.78 is 32.2. The monoisotopic (exact) mass is 493 g/mol. The van der Waals surface area contributed by atoms with Gasteiger partial charge >= 0.3 is 5.97 Å². The molecule has 176 valence electrons. The summed E-state index contributed by atoms with van der Waals surface area (Å²) in [5.41, 5.74) is 0.881. The summed E-state index contributed by atoms with van der Waals surface area (Å²) in [4.78, 5) is 35.7.